The Bertz CT molecular complexity index is 681. The third kappa shape index (κ3) is 8.93. The van der Waals surface area contributed by atoms with Gasteiger partial charge in [0.1, 0.15) is 30.8 Å². The molecule has 6 heteroatoms. The van der Waals surface area contributed by atoms with Crippen LogP contribution in [0, 0.1) is 0 Å². The van der Waals surface area contributed by atoms with E-state index in [0.29, 0.717) is 48.9 Å². The lowest BCUT2D eigenvalue weighted by Crippen LogP contribution is -2.35. The van der Waals surface area contributed by atoms with E-state index in [9.17, 15) is 5.11 Å². The number of halogens is 1. The highest BCUT2D eigenvalue weighted by atomic mass is 35.5. The topological polar surface area (TPSA) is 60.0 Å². The summed E-state index contributed by atoms with van der Waals surface area (Å²) in [6.45, 7) is 6.32. The van der Waals surface area contributed by atoms with Gasteiger partial charge in [-0.25, -0.2) is 0 Å². The van der Waals surface area contributed by atoms with E-state index in [4.69, 9.17) is 25.8 Å². The van der Waals surface area contributed by atoms with E-state index in [1.54, 1.807) is 18.2 Å². The van der Waals surface area contributed by atoms with Crippen molar-refractivity contribution in [1.82, 2.24) is 5.32 Å². The zero-order chi connectivity index (χ0) is 20.2. The van der Waals surface area contributed by atoms with Gasteiger partial charge >= 0.3 is 0 Å². The predicted octanol–water partition coefficient (Wildman–Crippen LogP) is 3.72. The van der Waals surface area contributed by atoms with E-state index in [1.807, 2.05) is 32.0 Å². The van der Waals surface area contributed by atoms with Gasteiger partial charge in [0.15, 0.2) is 0 Å². The zero-order valence-corrected chi connectivity index (χ0v) is 17.3. The Labute approximate surface area is 172 Å². The molecule has 0 amide bonds. The van der Waals surface area contributed by atoms with E-state index in [2.05, 4.69) is 17.4 Å². The van der Waals surface area contributed by atoms with Crippen molar-refractivity contribution < 1.29 is 19.3 Å². The molecule has 28 heavy (non-hydrogen) atoms. The van der Waals surface area contributed by atoms with Gasteiger partial charge in [0.25, 0.3) is 0 Å². The Hall–Kier alpha value is -1.79. The van der Waals surface area contributed by atoms with E-state index in [-0.39, 0.29) is 6.61 Å². The van der Waals surface area contributed by atoms with E-state index >= 15 is 0 Å². The second kappa shape index (κ2) is 12.6. The summed E-state index contributed by atoms with van der Waals surface area (Å²) < 4.78 is 16.8. The summed E-state index contributed by atoms with van der Waals surface area (Å²) in [5.41, 5.74) is 1.26. The number of rotatable bonds is 13. The summed E-state index contributed by atoms with van der Waals surface area (Å²) >= 11 is 6.24. The van der Waals surface area contributed by atoms with Gasteiger partial charge in [-0.05, 0) is 24.1 Å². The lowest BCUT2D eigenvalue weighted by Gasteiger charge is -2.16. The highest BCUT2D eigenvalue weighted by Gasteiger charge is 2.09. The lowest BCUT2D eigenvalue weighted by atomic mass is 10.2. The van der Waals surface area contributed by atoms with E-state index < -0.39 is 6.10 Å². The van der Waals surface area contributed by atoms with Gasteiger partial charge in [-0.15, -0.1) is 0 Å². The molecule has 5 nitrogen and oxygen atoms in total. The molecule has 0 aliphatic rings. The van der Waals surface area contributed by atoms with Crippen molar-refractivity contribution in [2.45, 2.75) is 32.4 Å². The summed E-state index contributed by atoms with van der Waals surface area (Å²) in [5.74, 6) is 1.18. The molecule has 0 saturated heterocycles. The van der Waals surface area contributed by atoms with Crippen LogP contribution in [0.5, 0.6) is 11.5 Å². The van der Waals surface area contributed by atoms with Crippen molar-refractivity contribution >= 4 is 11.6 Å². The quantitative estimate of drug-likeness (QED) is 0.495. The number of hydrogen-bond donors (Lipinski definition) is 2. The van der Waals surface area contributed by atoms with Crippen LogP contribution in [0.25, 0.3) is 0 Å². The SMILES string of the molecule is CC(C)NCC(O)COc1ccc(OCCOCCc2ccccc2)cc1Cl. The molecule has 2 aromatic carbocycles. The molecule has 0 spiro atoms. The van der Waals surface area contributed by atoms with Gasteiger partial charge in [-0.3, -0.25) is 0 Å². The van der Waals surface area contributed by atoms with Crippen LogP contribution in [-0.2, 0) is 11.2 Å². The van der Waals surface area contributed by atoms with Gasteiger partial charge in [0, 0.05) is 18.7 Å². The number of hydrogen-bond acceptors (Lipinski definition) is 5. The smallest absolute Gasteiger partial charge is 0.138 e. The highest BCUT2D eigenvalue weighted by Crippen LogP contribution is 2.28. The standard InChI is InChI=1S/C22H30ClNO4/c1-17(2)24-15-19(25)16-28-22-9-8-20(14-21(22)23)27-13-12-26-11-10-18-6-4-3-5-7-18/h3-9,14,17,19,24-25H,10-13,15-16H2,1-2H3. The Morgan fingerprint density at radius 2 is 1.79 bits per heavy atom. The Morgan fingerprint density at radius 3 is 2.50 bits per heavy atom. The molecular weight excluding hydrogens is 378 g/mol. The van der Waals surface area contributed by atoms with Gasteiger partial charge < -0.3 is 24.6 Å². The van der Waals surface area contributed by atoms with E-state index in [1.165, 1.54) is 5.56 Å². The van der Waals surface area contributed by atoms with Gasteiger partial charge in [-0.2, -0.15) is 0 Å². The average molecular weight is 408 g/mol. The van der Waals surface area contributed by atoms with Gasteiger partial charge in [0.05, 0.1) is 18.2 Å². The van der Waals surface area contributed by atoms with Crippen LogP contribution >= 0.6 is 11.6 Å². The molecule has 0 aliphatic heterocycles. The first kappa shape index (κ1) is 22.5. The normalized spacial score (nSPS) is 12.2. The number of aliphatic hydroxyl groups excluding tert-OH is 1. The minimum absolute atomic E-state index is 0.175. The van der Waals surface area contributed by atoms with Gasteiger partial charge in [0.2, 0.25) is 0 Å². The maximum Gasteiger partial charge on any atom is 0.138 e. The maximum absolute atomic E-state index is 9.90. The molecule has 0 radical (unpaired) electrons. The van der Waals surface area contributed by atoms with Gasteiger partial charge in [-0.1, -0.05) is 55.8 Å². The number of nitrogens with one attached hydrogen (secondary N) is 1. The predicted molar refractivity (Wildman–Crippen MR) is 113 cm³/mol. The molecule has 2 rings (SSSR count). The van der Waals surface area contributed by atoms with Crippen LogP contribution < -0.4 is 14.8 Å². The maximum atomic E-state index is 9.90. The summed E-state index contributed by atoms with van der Waals surface area (Å²) in [6.07, 6.45) is 0.291. The van der Waals surface area contributed by atoms with Crippen molar-refractivity contribution in [2.75, 3.05) is 33.0 Å². The molecular formula is C22H30ClNO4. The molecule has 0 aromatic heterocycles. The Kier molecular flexibility index (Phi) is 10.1. The Balaban J connectivity index is 1.63. The molecule has 1 unspecified atom stereocenters. The largest absolute Gasteiger partial charge is 0.491 e. The lowest BCUT2D eigenvalue weighted by molar-refractivity contribution is 0.102. The van der Waals surface area contributed by atoms with Crippen LogP contribution in [0.1, 0.15) is 19.4 Å². The molecule has 0 heterocycles. The molecule has 2 N–H and O–H groups in total. The van der Waals surface area contributed by atoms with E-state index in [0.717, 1.165) is 6.42 Å². The second-order valence-electron chi connectivity index (χ2n) is 6.82. The van der Waals surface area contributed by atoms with Crippen LogP contribution in [-0.4, -0.2) is 50.2 Å². The first-order chi connectivity index (χ1) is 13.5. The summed E-state index contributed by atoms with van der Waals surface area (Å²) in [6, 6.07) is 15.8. The van der Waals surface area contributed by atoms with Crippen molar-refractivity contribution in [3.8, 4) is 11.5 Å². The zero-order valence-electron chi connectivity index (χ0n) is 16.6. The molecule has 154 valence electrons. The summed E-state index contributed by atoms with van der Waals surface area (Å²) in [4.78, 5) is 0. The summed E-state index contributed by atoms with van der Waals surface area (Å²) in [7, 11) is 0. The third-order valence-corrected chi connectivity index (χ3v) is 4.27. The average Bonchev–Trinajstić information content (AvgIpc) is 2.69. The minimum atomic E-state index is -0.595. The molecule has 0 fully saturated rings. The first-order valence-corrected chi connectivity index (χ1v) is 10.0. The molecule has 2 aromatic rings. The van der Waals surface area contributed by atoms with Crippen molar-refractivity contribution in [1.29, 1.82) is 0 Å². The van der Waals surface area contributed by atoms with Crippen LogP contribution in [0.4, 0.5) is 0 Å². The van der Waals surface area contributed by atoms with Crippen LogP contribution in [0.2, 0.25) is 5.02 Å². The number of benzene rings is 2. The number of aliphatic hydroxyl groups is 1. The minimum Gasteiger partial charge on any atom is -0.491 e. The third-order valence-electron chi connectivity index (χ3n) is 3.97. The molecule has 0 saturated carbocycles. The van der Waals surface area contributed by atoms with Crippen molar-refractivity contribution in [3.63, 3.8) is 0 Å². The Morgan fingerprint density at radius 1 is 1.00 bits per heavy atom. The molecule has 0 bridgehead atoms. The molecule has 0 aliphatic carbocycles. The fourth-order valence-corrected chi connectivity index (χ4v) is 2.69. The fraction of sp³-hybridized carbons (Fsp3) is 0.455. The fourth-order valence-electron chi connectivity index (χ4n) is 2.46. The first-order valence-electron chi connectivity index (χ1n) is 9.63. The highest BCUT2D eigenvalue weighted by molar-refractivity contribution is 6.32. The molecule has 1 atom stereocenters. The van der Waals surface area contributed by atoms with Crippen molar-refractivity contribution in [2.24, 2.45) is 0 Å². The van der Waals surface area contributed by atoms with Crippen LogP contribution in [0.15, 0.2) is 48.5 Å². The summed E-state index contributed by atoms with van der Waals surface area (Å²) in [5, 5.41) is 13.5. The van der Waals surface area contributed by atoms with Crippen molar-refractivity contribution in [3.05, 3.63) is 59.1 Å². The van der Waals surface area contributed by atoms with Crippen LogP contribution in [0.3, 0.4) is 0 Å². The second-order valence-corrected chi connectivity index (χ2v) is 7.22. The monoisotopic (exact) mass is 407 g/mol. The number of ether oxygens (including phenoxy) is 3.